The summed E-state index contributed by atoms with van der Waals surface area (Å²) >= 11 is 0. The van der Waals surface area contributed by atoms with Crippen LogP contribution >= 0.6 is 0 Å². The lowest BCUT2D eigenvalue weighted by atomic mass is 9.80. The van der Waals surface area contributed by atoms with E-state index in [4.69, 9.17) is 4.42 Å². The first-order chi connectivity index (χ1) is 18.1. The Labute approximate surface area is 215 Å². The van der Waals surface area contributed by atoms with Crippen molar-refractivity contribution in [3.63, 3.8) is 0 Å². The minimum Gasteiger partial charge on any atom is -0.507 e. The van der Waals surface area contributed by atoms with Crippen molar-refractivity contribution in [2.24, 2.45) is 0 Å². The average Bonchev–Trinajstić information content (AvgIpc) is 3.33. The lowest BCUT2D eigenvalue weighted by Gasteiger charge is -2.30. The predicted octanol–water partition coefficient (Wildman–Crippen LogP) is 7.95. The zero-order chi connectivity index (χ0) is 25.2. The van der Waals surface area contributed by atoms with Gasteiger partial charge in [-0.25, -0.2) is 0 Å². The zero-order valence-corrected chi connectivity index (χ0v) is 20.2. The average molecular weight is 483 g/mol. The second-order valence-electron chi connectivity index (χ2n) is 9.29. The van der Waals surface area contributed by atoms with E-state index in [-0.39, 0.29) is 5.75 Å². The number of phenols is 1. The molecule has 0 fully saturated rings. The molecule has 3 nitrogen and oxygen atoms in total. The maximum absolute atomic E-state index is 12.3. The molecular formula is C34H26O3. The highest BCUT2D eigenvalue weighted by Gasteiger charge is 2.35. The second-order valence-corrected chi connectivity index (χ2v) is 9.29. The number of fused-ring (bicyclic) bond motifs is 1. The van der Waals surface area contributed by atoms with Crippen LogP contribution in [-0.4, -0.2) is 10.2 Å². The van der Waals surface area contributed by atoms with Crippen molar-refractivity contribution in [3.8, 4) is 28.2 Å². The van der Waals surface area contributed by atoms with Crippen LogP contribution in [0.2, 0.25) is 0 Å². The Hall–Kier alpha value is -4.60. The summed E-state index contributed by atoms with van der Waals surface area (Å²) in [5.74, 6) is 0.715. The van der Waals surface area contributed by atoms with Crippen LogP contribution < -0.4 is 0 Å². The van der Waals surface area contributed by atoms with Crippen molar-refractivity contribution in [1.82, 2.24) is 0 Å². The van der Waals surface area contributed by atoms with Gasteiger partial charge in [0.25, 0.3) is 0 Å². The maximum atomic E-state index is 12.3. The van der Waals surface area contributed by atoms with E-state index in [1.165, 1.54) is 0 Å². The number of hydrogen-bond donors (Lipinski definition) is 2. The lowest BCUT2D eigenvalue weighted by Crippen LogP contribution is -2.30. The molecule has 3 heteroatoms. The Morgan fingerprint density at radius 3 is 1.78 bits per heavy atom. The molecule has 2 N–H and O–H groups in total. The Morgan fingerprint density at radius 1 is 0.622 bits per heavy atom. The number of aromatic hydroxyl groups is 1. The molecule has 1 aromatic heterocycles. The van der Waals surface area contributed by atoms with Gasteiger partial charge in [-0.05, 0) is 22.8 Å². The predicted molar refractivity (Wildman–Crippen MR) is 148 cm³/mol. The monoisotopic (exact) mass is 482 g/mol. The third kappa shape index (κ3) is 4.20. The fourth-order valence-corrected chi connectivity index (χ4v) is 5.11. The van der Waals surface area contributed by atoms with Crippen molar-refractivity contribution in [2.45, 2.75) is 12.0 Å². The third-order valence-electron chi connectivity index (χ3n) is 6.90. The molecule has 0 aliphatic carbocycles. The van der Waals surface area contributed by atoms with E-state index in [2.05, 4.69) is 12.1 Å². The van der Waals surface area contributed by atoms with Crippen molar-refractivity contribution in [2.75, 3.05) is 0 Å². The number of hydrogen-bond acceptors (Lipinski definition) is 3. The van der Waals surface area contributed by atoms with Crippen molar-refractivity contribution >= 4 is 11.0 Å². The van der Waals surface area contributed by atoms with E-state index >= 15 is 0 Å². The molecule has 0 bridgehead atoms. The molecule has 0 saturated heterocycles. The molecule has 1 unspecified atom stereocenters. The van der Waals surface area contributed by atoms with Crippen molar-refractivity contribution in [1.29, 1.82) is 0 Å². The van der Waals surface area contributed by atoms with Crippen LogP contribution in [0.5, 0.6) is 5.75 Å². The number of aliphatic hydroxyl groups is 1. The molecular weight excluding hydrogens is 456 g/mol. The quantitative estimate of drug-likeness (QED) is 0.253. The summed E-state index contributed by atoms with van der Waals surface area (Å²) in [4.78, 5) is 0. The van der Waals surface area contributed by atoms with E-state index in [0.29, 0.717) is 23.1 Å². The molecule has 1 heterocycles. The molecule has 5 aromatic carbocycles. The largest absolute Gasteiger partial charge is 0.507 e. The minimum atomic E-state index is -1.46. The molecule has 0 aliphatic heterocycles. The fraction of sp³-hybridized carbons (Fsp3) is 0.0588. The van der Waals surface area contributed by atoms with Gasteiger partial charge in [0.1, 0.15) is 22.7 Å². The van der Waals surface area contributed by atoms with Gasteiger partial charge < -0.3 is 14.6 Å². The van der Waals surface area contributed by atoms with E-state index in [0.717, 1.165) is 33.4 Å². The van der Waals surface area contributed by atoms with Crippen LogP contribution in [0.25, 0.3) is 33.4 Å². The fourth-order valence-electron chi connectivity index (χ4n) is 5.11. The first-order valence-corrected chi connectivity index (χ1v) is 12.4. The van der Waals surface area contributed by atoms with Gasteiger partial charge in [0.2, 0.25) is 0 Å². The Kier molecular flexibility index (Phi) is 5.84. The normalized spacial score (nSPS) is 12.9. The highest BCUT2D eigenvalue weighted by atomic mass is 16.3. The van der Waals surface area contributed by atoms with Gasteiger partial charge >= 0.3 is 0 Å². The van der Waals surface area contributed by atoms with E-state index in [1.54, 1.807) is 6.07 Å². The molecule has 0 amide bonds. The summed E-state index contributed by atoms with van der Waals surface area (Å²) in [6.07, 6.45) is 0.307. The number of benzene rings is 5. The smallest absolute Gasteiger partial charge is 0.143 e. The molecule has 0 radical (unpaired) electrons. The highest BCUT2D eigenvalue weighted by Crippen LogP contribution is 2.46. The molecule has 0 aliphatic rings. The van der Waals surface area contributed by atoms with Crippen LogP contribution in [0, 0.1) is 0 Å². The van der Waals surface area contributed by atoms with Crippen LogP contribution in [0.4, 0.5) is 0 Å². The molecule has 6 aromatic rings. The topological polar surface area (TPSA) is 53.6 Å². The summed E-state index contributed by atoms with van der Waals surface area (Å²) in [6.45, 7) is 0. The highest BCUT2D eigenvalue weighted by molar-refractivity contribution is 6.02. The van der Waals surface area contributed by atoms with Gasteiger partial charge in [0, 0.05) is 34.6 Å². The third-order valence-corrected chi connectivity index (χ3v) is 6.90. The van der Waals surface area contributed by atoms with Crippen LogP contribution in [0.1, 0.15) is 16.7 Å². The van der Waals surface area contributed by atoms with Gasteiger partial charge in [-0.15, -0.1) is 0 Å². The summed E-state index contributed by atoms with van der Waals surface area (Å²) in [6, 6.07) is 42.9. The van der Waals surface area contributed by atoms with Crippen LogP contribution in [-0.2, 0) is 12.0 Å². The molecule has 1 atom stereocenters. The molecule has 0 spiro atoms. The van der Waals surface area contributed by atoms with E-state index in [9.17, 15) is 10.2 Å². The molecule has 6 rings (SSSR count). The maximum Gasteiger partial charge on any atom is 0.143 e. The van der Waals surface area contributed by atoms with Gasteiger partial charge in [0.05, 0.1) is 0 Å². The lowest BCUT2D eigenvalue weighted by molar-refractivity contribution is 0.0785. The summed E-state index contributed by atoms with van der Waals surface area (Å²) in [5.41, 5.74) is 4.10. The molecule has 0 saturated carbocycles. The first kappa shape index (κ1) is 22.8. The Morgan fingerprint density at radius 2 is 1.16 bits per heavy atom. The zero-order valence-electron chi connectivity index (χ0n) is 20.2. The number of rotatable bonds is 6. The number of furan rings is 1. The minimum absolute atomic E-state index is 0.0113. The SMILES string of the molecule is Oc1cc2oc(-c3ccccc3)c(-c3ccccc3)c2cc1C(O)(Cc1ccccc1)c1ccccc1. The van der Waals surface area contributed by atoms with Crippen LogP contribution in [0.15, 0.2) is 138 Å². The van der Waals surface area contributed by atoms with Gasteiger partial charge in [-0.2, -0.15) is 0 Å². The Balaban J connectivity index is 1.62. The van der Waals surface area contributed by atoms with Crippen molar-refractivity contribution < 1.29 is 14.6 Å². The molecule has 37 heavy (non-hydrogen) atoms. The number of phenolic OH excluding ortho intramolecular Hbond substituents is 1. The van der Waals surface area contributed by atoms with Gasteiger partial charge in [-0.3, -0.25) is 0 Å². The van der Waals surface area contributed by atoms with E-state index in [1.807, 2.05) is 115 Å². The van der Waals surface area contributed by atoms with Gasteiger partial charge in [-0.1, -0.05) is 121 Å². The first-order valence-electron chi connectivity index (χ1n) is 12.4. The summed E-state index contributed by atoms with van der Waals surface area (Å²) < 4.78 is 6.37. The van der Waals surface area contributed by atoms with Gasteiger partial charge in [0.15, 0.2) is 0 Å². The summed E-state index contributed by atoms with van der Waals surface area (Å²) in [5, 5.41) is 24.5. The second kappa shape index (κ2) is 9.45. The molecule has 180 valence electrons. The Bertz CT molecular complexity index is 1640. The van der Waals surface area contributed by atoms with Crippen LogP contribution in [0.3, 0.4) is 0 Å². The van der Waals surface area contributed by atoms with Crippen molar-refractivity contribution in [3.05, 3.63) is 150 Å². The van der Waals surface area contributed by atoms with E-state index < -0.39 is 5.60 Å². The summed E-state index contributed by atoms with van der Waals surface area (Å²) in [7, 11) is 0. The standard InChI is InChI=1S/C34H26O3/c35-30-22-31-28(32(25-15-7-2-8-16-25)33(37-31)26-17-9-3-10-18-26)21-29(30)34(36,27-19-11-4-12-20-27)23-24-13-5-1-6-14-24/h1-22,35-36H,23H2.